The number of amides is 1. The van der Waals surface area contributed by atoms with Crippen LogP contribution < -0.4 is 9.62 Å². The highest BCUT2D eigenvalue weighted by Gasteiger charge is 2.36. The van der Waals surface area contributed by atoms with Crippen molar-refractivity contribution in [3.05, 3.63) is 39.7 Å². The fraction of sp³-hybridized carbons (Fsp3) is 0.312. The third-order valence-electron chi connectivity index (χ3n) is 4.24. The second-order valence-electron chi connectivity index (χ2n) is 6.02. The molecule has 1 amide bonds. The van der Waals surface area contributed by atoms with Gasteiger partial charge in [0.1, 0.15) is 4.21 Å². The number of anilines is 2. The van der Waals surface area contributed by atoms with Gasteiger partial charge in [-0.2, -0.15) is 0 Å². The molecule has 8 heteroatoms. The van der Waals surface area contributed by atoms with Gasteiger partial charge in [-0.1, -0.05) is 6.07 Å². The summed E-state index contributed by atoms with van der Waals surface area (Å²) in [7, 11) is -3.62. The Morgan fingerprint density at radius 1 is 1.25 bits per heavy atom. The van der Waals surface area contributed by atoms with Crippen molar-refractivity contribution in [1.82, 2.24) is 0 Å². The van der Waals surface area contributed by atoms with Gasteiger partial charge in [0.05, 0.1) is 9.47 Å². The van der Waals surface area contributed by atoms with Gasteiger partial charge < -0.3 is 4.90 Å². The average molecular weight is 427 g/mol. The quantitative estimate of drug-likeness (QED) is 0.811. The van der Waals surface area contributed by atoms with E-state index in [2.05, 4.69) is 20.7 Å². The predicted octanol–water partition coefficient (Wildman–Crippen LogP) is 3.61. The van der Waals surface area contributed by atoms with Gasteiger partial charge in [-0.05, 0) is 65.0 Å². The SMILES string of the molecule is O=C(C1CC1)N1CCc2ccc(NS(=O)(=O)c3ccc(Br)s3)cc21. The molecule has 1 aliphatic heterocycles. The van der Waals surface area contributed by atoms with Crippen LogP contribution in [0.15, 0.2) is 38.3 Å². The third kappa shape index (κ3) is 2.98. The maximum Gasteiger partial charge on any atom is 0.271 e. The fourth-order valence-corrected chi connectivity index (χ4v) is 5.93. The lowest BCUT2D eigenvalue weighted by atomic mass is 10.1. The molecule has 1 aliphatic carbocycles. The third-order valence-corrected chi connectivity index (χ3v) is 7.74. The molecule has 2 heterocycles. The maximum absolute atomic E-state index is 12.4. The van der Waals surface area contributed by atoms with Crippen LogP contribution in [0.5, 0.6) is 0 Å². The van der Waals surface area contributed by atoms with Gasteiger partial charge in [-0.25, -0.2) is 8.42 Å². The van der Waals surface area contributed by atoms with Crippen molar-refractivity contribution < 1.29 is 13.2 Å². The second-order valence-corrected chi connectivity index (χ2v) is 10.4. The Morgan fingerprint density at radius 2 is 2.04 bits per heavy atom. The summed E-state index contributed by atoms with van der Waals surface area (Å²) in [5, 5.41) is 0. The molecule has 1 fully saturated rings. The van der Waals surface area contributed by atoms with Gasteiger partial charge >= 0.3 is 0 Å². The van der Waals surface area contributed by atoms with Gasteiger partial charge in [0.15, 0.2) is 0 Å². The molecule has 1 aromatic heterocycles. The van der Waals surface area contributed by atoms with Crippen LogP contribution in [0.25, 0.3) is 0 Å². The number of rotatable bonds is 4. The summed E-state index contributed by atoms with van der Waals surface area (Å²) in [6.07, 6.45) is 2.74. The van der Waals surface area contributed by atoms with E-state index in [1.807, 2.05) is 6.07 Å². The molecule has 2 aliphatic rings. The van der Waals surface area contributed by atoms with Crippen LogP contribution in [0.4, 0.5) is 11.4 Å². The zero-order valence-corrected chi connectivity index (χ0v) is 15.9. The van der Waals surface area contributed by atoms with Crippen molar-refractivity contribution in [3.63, 3.8) is 0 Å². The number of carbonyl (C=O) groups is 1. The highest BCUT2D eigenvalue weighted by atomic mass is 79.9. The van der Waals surface area contributed by atoms with E-state index in [0.717, 1.165) is 45.6 Å². The molecule has 1 saturated carbocycles. The zero-order valence-electron chi connectivity index (χ0n) is 12.7. The Labute approximate surface area is 152 Å². The van der Waals surface area contributed by atoms with Gasteiger partial charge in [-0.3, -0.25) is 9.52 Å². The molecule has 0 spiro atoms. The molecule has 0 radical (unpaired) electrons. The minimum absolute atomic E-state index is 0.153. The molecule has 0 saturated heterocycles. The van der Waals surface area contributed by atoms with Crippen molar-refractivity contribution >= 4 is 54.6 Å². The summed E-state index contributed by atoms with van der Waals surface area (Å²) in [4.78, 5) is 14.2. The number of fused-ring (bicyclic) bond motifs is 1. The van der Waals surface area contributed by atoms with Crippen LogP contribution in [-0.2, 0) is 21.2 Å². The van der Waals surface area contributed by atoms with Gasteiger partial charge in [0.25, 0.3) is 10.0 Å². The van der Waals surface area contributed by atoms with Crippen LogP contribution in [0.3, 0.4) is 0 Å². The average Bonchev–Trinajstić information content (AvgIpc) is 3.16. The number of nitrogens with zero attached hydrogens (tertiary/aromatic N) is 1. The number of nitrogens with one attached hydrogen (secondary N) is 1. The Morgan fingerprint density at radius 3 is 2.71 bits per heavy atom. The molecule has 0 unspecified atom stereocenters. The molecule has 1 N–H and O–H groups in total. The lowest BCUT2D eigenvalue weighted by molar-refractivity contribution is -0.119. The van der Waals surface area contributed by atoms with E-state index in [0.29, 0.717) is 12.2 Å². The Bertz CT molecular complexity index is 919. The largest absolute Gasteiger partial charge is 0.312 e. The van der Waals surface area contributed by atoms with Crippen molar-refractivity contribution in [2.45, 2.75) is 23.5 Å². The van der Waals surface area contributed by atoms with E-state index < -0.39 is 10.0 Å². The van der Waals surface area contributed by atoms with Gasteiger partial charge in [0, 0.05) is 18.2 Å². The molecular formula is C16H15BrN2O3S2. The standard InChI is InChI=1S/C16H15BrN2O3S2/c17-14-5-6-15(23-14)24(21,22)18-12-4-3-10-7-8-19(13(10)9-12)16(20)11-1-2-11/h3-6,9,11,18H,1-2,7-8H2. The van der Waals surface area contributed by atoms with E-state index in [1.165, 1.54) is 0 Å². The summed E-state index contributed by atoms with van der Waals surface area (Å²) in [6, 6.07) is 8.69. The monoisotopic (exact) mass is 426 g/mol. The molecule has 5 nitrogen and oxygen atoms in total. The Hall–Kier alpha value is -1.38. The van der Waals surface area contributed by atoms with Crippen LogP contribution in [0.2, 0.25) is 0 Å². The number of hydrogen-bond acceptors (Lipinski definition) is 4. The second kappa shape index (κ2) is 5.86. The lowest BCUT2D eigenvalue weighted by Crippen LogP contribution is -2.30. The molecular weight excluding hydrogens is 412 g/mol. The molecule has 1 aromatic carbocycles. The molecule has 24 heavy (non-hydrogen) atoms. The van der Waals surface area contributed by atoms with Crippen molar-refractivity contribution in [3.8, 4) is 0 Å². The first kappa shape index (κ1) is 16.1. The highest BCUT2D eigenvalue weighted by Crippen LogP contribution is 2.38. The van der Waals surface area contributed by atoms with Crippen LogP contribution in [0, 0.1) is 5.92 Å². The number of hydrogen-bond donors (Lipinski definition) is 1. The number of benzene rings is 1. The normalized spacial score (nSPS) is 17.0. The zero-order chi connectivity index (χ0) is 16.9. The molecule has 2 aromatic rings. The van der Waals surface area contributed by atoms with E-state index in [9.17, 15) is 13.2 Å². The first-order chi connectivity index (χ1) is 11.4. The summed E-state index contributed by atoms with van der Waals surface area (Å²) in [5.74, 6) is 0.315. The first-order valence-corrected chi connectivity index (χ1v) is 10.8. The Kier molecular flexibility index (Phi) is 3.93. The van der Waals surface area contributed by atoms with Crippen molar-refractivity contribution in [2.75, 3.05) is 16.2 Å². The summed E-state index contributed by atoms with van der Waals surface area (Å²) in [5.41, 5.74) is 2.40. The minimum Gasteiger partial charge on any atom is -0.312 e. The number of carbonyl (C=O) groups excluding carboxylic acids is 1. The molecule has 0 atom stereocenters. The minimum atomic E-state index is -3.62. The number of sulfonamides is 1. The Balaban J connectivity index is 1.61. The van der Waals surface area contributed by atoms with Crippen LogP contribution in [-0.4, -0.2) is 20.9 Å². The topological polar surface area (TPSA) is 66.5 Å². The first-order valence-electron chi connectivity index (χ1n) is 7.66. The smallest absolute Gasteiger partial charge is 0.271 e. The van der Waals surface area contributed by atoms with E-state index >= 15 is 0 Å². The summed E-state index contributed by atoms with van der Waals surface area (Å²) in [6.45, 7) is 0.679. The molecule has 0 bridgehead atoms. The molecule has 126 valence electrons. The van der Waals surface area contributed by atoms with Crippen LogP contribution in [0.1, 0.15) is 18.4 Å². The van der Waals surface area contributed by atoms with Gasteiger partial charge in [0.2, 0.25) is 5.91 Å². The number of halogens is 1. The van der Waals surface area contributed by atoms with E-state index in [4.69, 9.17) is 0 Å². The highest BCUT2D eigenvalue weighted by molar-refractivity contribution is 9.11. The summed E-state index contributed by atoms with van der Waals surface area (Å²) < 4.78 is 28.5. The van der Waals surface area contributed by atoms with Gasteiger partial charge in [-0.15, -0.1) is 11.3 Å². The van der Waals surface area contributed by atoms with E-state index in [1.54, 1.807) is 29.2 Å². The maximum atomic E-state index is 12.4. The predicted molar refractivity (Wildman–Crippen MR) is 98.1 cm³/mol. The summed E-state index contributed by atoms with van der Waals surface area (Å²) >= 11 is 4.43. The number of thiophene rings is 1. The molecule has 4 rings (SSSR count). The van der Waals surface area contributed by atoms with Crippen molar-refractivity contribution in [1.29, 1.82) is 0 Å². The fourth-order valence-electron chi connectivity index (χ4n) is 2.87. The van der Waals surface area contributed by atoms with Crippen LogP contribution >= 0.6 is 27.3 Å². The van der Waals surface area contributed by atoms with Crippen molar-refractivity contribution in [2.24, 2.45) is 5.92 Å². The van der Waals surface area contributed by atoms with E-state index in [-0.39, 0.29) is 16.0 Å². The lowest BCUT2D eigenvalue weighted by Gasteiger charge is -2.18.